The molecule has 0 aliphatic carbocycles. The van der Waals surface area contributed by atoms with Crippen LogP contribution in [-0.4, -0.2) is 22.1 Å². The number of rotatable bonds is 7. The van der Waals surface area contributed by atoms with Crippen LogP contribution in [0, 0.1) is 6.92 Å². The van der Waals surface area contributed by atoms with E-state index in [4.69, 9.17) is 21.3 Å². The molecule has 4 rings (SSSR count). The van der Waals surface area contributed by atoms with Crippen LogP contribution in [0.4, 0.5) is 0 Å². The summed E-state index contributed by atoms with van der Waals surface area (Å²) < 4.78 is 8.06. The van der Waals surface area contributed by atoms with Gasteiger partial charge in [-0.2, -0.15) is 0 Å². The summed E-state index contributed by atoms with van der Waals surface area (Å²) in [5.41, 5.74) is 3.44. The molecule has 1 aromatic heterocycles. The third-order valence-corrected chi connectivity index (χ3v) is 5.25. The first-order valence-corrected chi connectivity index (χ1v) is 10.2. The maximum absolute atomic E-state index is 12.5. The van der Waals surface area contributed by atoms with E-state index in [0.717, 1.165) is 28.2 Å². The normalized spacial score (nSPS) is 10.9. The first-order valence-electron chi connectivity index (χ1n) is 9.79. The van der Waals surface area contributed by atoms with Gasteiger partial charge >= 0.3 is 0 Å². The number of ether oxygens (including phenoxy) is 1. The zero-order chi connectivity index (χ0) is 20.9. The average molecular weight is 420 g/mol. The van der Waals surface area contributed by atoms with Gasteiger partial charge in [-0.15, -0.1) is 0 Å². The van der Waals surface area contributed by atoms with Crippen LogP contribution >= 0.6 is 11.6 Å². The SMILES string of the molecule is Cc1ccccc1OCCn1c(CNC(=O)c2ccccc2Cl)nc2ccccc21. The highest BCUT2D eigenvalue weighted by Crippen LogP contribution is 2.19. The molecule has 6 heteroatoms. The Labute approximate surface area is 180 Å². The Hall–Kier alpha value is -3.31. The van der Waals surface area contributed by atoms with Crippen molar-refractivity contribution in [3.63, 3.8) is 0 Å². The smallest absolute Gasteiger partial charge is 0.253 e. The monoisotopic (exact) mass is 419 g/mol. The molecule has 0 spiro atoms. The second-order valence-corrected chi connectivity index (χ2v) is 7.35. The predicted molar refractivity (Wildman–Crippen MR) is 119 cm³/mol. The molecule has 1 heterocycles. The molecule has 152 valence electrons. The first kappa shape index (κ1) is 20.0. The van der Waals surface area contributed by atoms with E-state index in [0.29, 0.717) is 30.3 Å². The lowest BCUT2D eigenvalue weighted by Crippen LogP contribution is -2.25. The van der Waals surface area contributed by atoms with Gasteiger partial charge in [0, 0.05) is 0 Å². The maximum Gasteiger partial charge on any atom is 0.253 e. The molecular weight excluding hydrogens is 398 g/mol. The van der Waals surface area contributed by atoms with E-state index in [1.54, 1.807) is 24.3 Å². The number of amides is 1. The number of carbonyl (C=O) groups is 1. The topological polar surface area (TPSA) is 56.1 Å². The highest BCUT2D eigenvalue weighted by atomic mass is 35.5. The van der Waals surface area contributed by atoms with Gasteiger partial charge in [0.05, 0.1) is 34.7 Å². The van der Waals surface area contributed by atoms with E-state index in [-0.39, 0.29) is 5.91 Å². The van der Waals surface area contributed by atoms with Crippen molar-refractivity contribution in [2.24, 2.45) is 0 Å². The van der Waals surface area contributed by atoms with Gasteiger partial charge in [0.15, 0.2) is 0 Å². The molecule has 1 amide bonds. The van der Waals surface area contributed by atoms with E-state index >= 15 is 0 Å². The molecule has 0 aliphatic heterocycles. The highest BCUT2D eigenvalue weighted by Gasteiger charge is 2.14. The molecule has 0 fully saturated rings. The number of fused-ring (bicyclic) bond motifs is 1. The van der Waals surface area contributed by atoms with Gasteiger partial charge in [0.1, 0.15) is 18.2 Å². The van der Waals surface area contributed by atoms with Gasteiger partial charge < -0.3 is 14.6 Å². The van der Waals surface area contributed by atoms with Crippen molar-refractivity contribution in [3.05, 3.63) is 94.8 Å². The summed E-state index contributed by atoms with van der Waals surface area (Å²) in [5.74, 6) is 1.41. The van der Waals surface area contributed by atoms with E-state index in [9.17, 15) is 4.79 Å². The molecule has 0 bridgehead atoms. The summed E-state index contributed by atoms with van der Waals surface area (Å²) in [6.07, 6.45) is 0. The van der Waals surface area contributed by atoms with Crippen LogP contribution in [0.1, 0.15) is 21.7 Å². The van der Waals surface area contributed by atoms with Gasteiger partial charge in [-0.05, 0) is 42.8 Å². The van der Waals surface area contributed by atoms with Crippen LogP contribution in [0.5, 0.6) is 5.75 Å². The third kappa shape index (κ3) is 4.31. The van der Waals surface area contributed by atoms with Crippen LogP contribution in [-0.2, 0) is 13.1 Å². The molecule has 0 saturated carbocycles. The Kier molecular flexibility index (Phi) is 6.00. The third-order valence-electron chi connectivity index (χ3n) is 4.93. The molecule has 4 aromatic rings. The Morgan fingerprint density at radius 1 is 1.03 bits per heavy atom. The van der Waals surface area contributed by atoms with E-state index in [1.807, 2.05) is 55.5 Å². The fraction of sp³-hybridized carbons (Fsp3) is 0.167. The minimum absolute atomic E-state index is 0.227. The van der Waals surface area contributed by atoms with Gasteiger partial charge in [-0.1, -0.05) is 54.1 Å². The Bertz CT molecular complexity index is 1190. The standard InChI is InChI=1S/C24H22ClN3O2/c1-17-8-2-7-13-22(17)30-15-14-28-21-12-6-5-11-20(21)27-23(28)16-26-24(29)18-9-3-4-10-19(18)25/h2-13H,14-16H2,1H3,(H,26,29). The summed E-state index contributed by atoms with van der Waals surface area (Å²) in [5, 5.41) is 3.35. The second kappa shape index (κ2) is 9.01. The van der Waals surface area contributed by atoms with Crippen molar-refractivity contribution >= 4 is 28.5 Å². The molecule has 5 nitrogen and oxygen atoms in total. The number of aromatic nitrogens is 2. The highest BCUT2D eigenvalue weighted by molar-refractivity contribution is 6.33. The molecule has 3 aromatic carbocycles. The van der Waals surface area contributed by atoms with Crippen molar-refractivity contribution in [3.8, 4) is 5.75 Å². The van der Waals surface area contributed by atoms with E-state index < -0.39 is 0 Å². The number of hydrogen-bond acceptors (Lipinski definition) is 3. The summed E-state index contributed by atoms with van der Waals surface area (Å²) in [7, 11) is 0. The van der Waals surface area contributed by atoms with Gasteiger partial charge in [-0.25, -0.2) is 4.98 Å². The number of carbonyl (C=O) groups excluding carboxylic acids is 1. The minimum atomic E-state index is -0.227. The second-order valence-electron chi connectivity index (χ2n) is 6.94. The van der Waals surface area contributed by atoms with Crippen molar-refractivity contribution in [2.45, 2.75) is 20.0 Å². The zero-order valence-electron chi connectivity index (χ0n) is 16.6. The summed E-state index contributed by atoms with van der Waals surface area (Å²) in [6, 6.07) is 22.9. The minimum Gasteiger partial charge on any atom is -0.491 e. The average Bonchev–Trinajstić information content (AvgIpc) is 3.11. The molecule has 1 N–H and O–H groups in total. The number of halogens is 1. The number of benzene rings is 3. The molecular formula is C24H22ClN3O2. The molecule has 0 atom stereocenters. The maximum atomic E-state index is 12.5. The largest absolute Gasteiger partial charge is 0.491 e. The number of nitrogens with zero attached hydrogens (tertiary/aromatic N) is 2. The lowest BCUT2D eigenvalue weighted by Gasteiger charge is -2.13. The van der Waals surface area contributed by atoms with Crippen molar-refractivity contribution in [1.29, 1.82) is 0 Å². The summed E-state index contributed by atoms with van der Waals surface area (Å²) >= 11 is 6.14. The summed E-state index contributed by atoms with van der Waals surface area (Å²) in [6.45, 7) is 3.43. The molecule has 0 unspecified atom stereocenters. The number of aryl methyl sites for hydroxylation is 1. The predicted octanol–water partition coefficient (Wildman–Crippen LogP) is 5.01. The zero-order valence-corrected chi connectivity index (χ0v) is 17.4. The van der Waals surface area contributed by atoms with Crippen molar-refractivity contribution in [2.75, 3.05) is 6.61 Å². The Morgan fingerprint density at radius 2 is 1.77 bits per heavy atom. The molecule has 30 heavy (non-hydrogen) atoms. The quantitative estimate of drug-likeness (QED) is 0.458. The number of imidazole rings is 1. The van der Waals surface area contributed by atoms with Crippen LogP contribution in [0.2, 0.25) is 5.02 Å². The molecule has 0 aliphatic rings. The van der Waals surface area contributed by atoms with Gasteiger partial charge in [0.25, 0.3) is 5.91 Å². The van der Waals surface area contributed by atoms with Crippen molar-refractivity contribution < 1.29 is 9.53 Å². The Balaban J connectivity index is 1.51. The lowest BCUT2D eigenvalue weighted by molar-refractivity contribution is 0.0949. The van der Waals surface area contributed by atoms with Gasteiger partial charge in [0.2, 0.25) is 0 Å². The summed E-state index contributed by atoms with van der Waals surface area (Å²) in [4.78, 5) is 17.2. The van der Waals surface area contributed by atoms with Crippen molar-refractivity contribution in [1.82, 2.24) is 14.9 Å². The number of nitrogens with one attached hydrogen (secondary N) is 1. The fourth-order valence-corrected chi connectivity index (χ4v) is 3.60. The van der Waals surface area contributed by atoms with Crippen LogP contribution in [0.3, 0.4) is 0 Å². The van der Waals surface area contributed by atoms with E-state index in [2.05, 4.69) is 9.88 Å². The number of para-hydroxylation sites is 3. The molecule has 0 saturated heterocycles. The Morgan fingerprint density at radius 3 is 2.60 bits per heavy atom. The molecule has 0 radical (unpaired) electrons. The fourth-order valence-electron chi connectivity index (χ4n) is 3.38. The van der Waals surface area contributed by atoms with Gasteiger partial charge in [-0.3, -0.25) is 4.79 Å². The number of hydrogen-bond donors (Lipinski definition) is 1. The van der Waals surface area contributed by atoms with Crippen LogP contribution in [0.25, 0.3) is 11.0 Å². The van der Waals surface area contributed by atoms with Crippen LogP contribution < -0.4 is 10.1 Å². The lowest BCUT2D eigenvalue weighted by atomic mass is 10.2. The van der Waals surface area contributed by atoms with Crippen LogP contribution in [0.15, 0.2) is 72.8 Å². The van der Waals surface area contributed by atoms with E-state index in [1.165, 1.54) is 0 Å². The first-order chi connectivity index (χ1) is 14.6.